The summed E-state index contributed by atoms with van der Waals surface area (Å²) in [5.41, 5.74) is 0.269. The number of carbonyl (C=O) groups is 1. The topological polar surface area (TPSA) is 85.2 Å². The molecule has 0 saturated carbocycles. The van der Waals surface area contributed by atoms with Gasteiger partial charge in [-0.3, -0.25) is 0 Å². The zero-order valence-electron chi connectivity index (χ0n) is 9.19. The molecule has 0 N–H and O–H groups in total. The van der Waals surface area contributed by atoms with Crippen molar-refractivity contribution in [2.24, 2.45) is 8.80 Å². The minimum Gasteiger partial charge on any atom is -0.465 e. The van der Waals surface area contributed by atoms with E-state index in [1.54, 1.807) is 10.3 Å². The normalized spacial score (nSPS) is 9.16. The van der Waals surface area contributed by atoms with Crippen LogP contribution >= 0.6 is 35.8 Å². The third-order valence-corrected chi connectivity index (χ3v) is 3.07. The van der Waals surface area contributed by atoms with Gasteiger partial charge < -0.3 is 4.74 Å². The van der Waals surface area contributed by atoms with Gasteiger partial charge >= 0.3 is 16.2 Å². The first-order valence-electron chi connectivity index (χ1n) is 4.12. The molecule has 1 aromatic heterocycles. The van der Waals surface area contributed by atoms with Crippen molar-refractivity contribution >= 4 is 62.3 Å². The van der Waals surface area contributed by atoms with Gasteiger partial charge in [0, 0.05) is 5.38 Å². The second-order valence-corrected chi connectivity index (χ2v) is 4.93. The molecule has 102 valence electrons. The molecular weight excluding hydrogens is 335 g/mol. The maximum Gasteiger partial charge on any atom is 0.379 e. The first-order valence-corrected chi connectivity index (χ1v) is 7.21. The predicted molar refractivity (Wildman–Crippen MR) is 74.6 cm³/mol. The van der Waals surface area contributed by atoms with Gasteiger partial charge in [-0.1, -0.05) is 8.80 Å². The fraction of sp³-hybridized carbons (Fsp3) is 0.125. The molecule has 0 aromatic carbocycles. The molecule has 0 aliphatic heterocycles. The number of rotatable bonds is 3. The van der Waals surface area contributed by atoms with E-state index in [0.717, 1.165) is 17.4 Å². The Hall–Kier alpha value is -1.35. The van der Waals surface area contributed by atoms with Crippen molar-refractivity contribution in [2.45, 2.75) is 0 Å². The Morgan fingerprint density at radius 2 is 1.95 bits per heavy atom. The summed E-state index contributed by atoms with van der Waals surface area (Å²) in [4.78, 5) is 10.6. The minimum atomic E-state index is -3.86. The van der Waals surface area contributed by atoms with Crippen LogP contribution in [0.5, 0.6) is 0 Å². The zero-order chi connectivity index (χ0) is 14.9. The first-order chi connectivity index (χ1) is 8.86. The van der Waals surface area contributed by atoms with Crippen LogP contribution in [0.1, 0.15) is 10.4 Å². The molecule has 0 fully saturated rings. The van der Waals surface area contributed by atoms with Crippen molar-refractivity contribution in [3.63, 3.8) is 0 Å². The van der Waals surface area contributed by atoms with Gasteiger partial charge in [-0.15, -0.1) is 11.3 Å². The molecule has 6 nitrogen and oxygen atoms in total. The highest BCUT2D eigenvalue weighted by Gasteiger charge is 2.07. The van der Waals surface area contributed by atoms with Gasteiger partial charge in [-0.2, -0.15) is 12.8 Å². The van der Waals surface area contributed by atoms with Crippen molar-refractivity contribution < 1.29 is 22.3 Å². The quantitative estimate of drug-likeness (QED) is 0.476. The Morgan fingerprint density at radius 3 is 2.26 bits per heavy atom. The second kappa shape index (κ2) is 8.70. The number of halogens is 1. The molecule has 0 bridgehead atoms. The van der Waals surface area contributed by atoms with E-state index >= 15 is 0 Å². The number of esters is 1. The summed E-state index contributed by atoms with van der Waals surface area (Å²) in [7, 11) is -2.60. The second-order valence-electron chi connectivity index (χ2n) is 2.44. The van der Waals surface area contributed by atoms with Crippen molar-refractivity contribution in [1.29, 1.82) is 0 Å². The number of thiophene rings is 1. The molecule has 1 heterocycles. The summed E-state index contributed by atoms with van der Waals surface area (Å²) in [6.07, 6.45) is 0. The lowest BCUT2D eigenvalue weighted by molar-refractivity contribution is 0.0601. The van der Waals surface area contributed by atoms with E-state index in [0.29, 0.717) is 0 Å². The number of methoxy groups -OCH3 is 1. The number of hydrogen-bond donors (Lipinski definition) is 0. The van der Waals surface area contributed by atoms with Crippen LogP contribution in [-0.2, 0) is 14.9 Å². The van der Waals surface area contributed by atoms with Crippen LogP contribution in [0.3, 0.4) is 0 Å². The average Bonchev–Trinajstić information content (AvgIpc) is 2.75. The van der Waals surface area contributed by atoms with E-state index < -0.39 is 16.2 Å². The number of carbonyl (C=O) groups excluding carboxylic acids is 1. The van der Waals surface area contributed by atoms with Crippen LogP contribution in [0.15, 0.2) is 20.2 Å². The molecule has 0 amide bonds. The van der Waals surface area contributed by atoms with Crippen LogP contribution in [0.2, 0.25) is 0 Å². The van der Waals surface area contributed by atoms with Gasteiger partial charge in [0.2, 0.25) is 0 Å². The molecule has 0 unspecified atom stereocenters. The molecule has 0 aliphatic carbocycles. The predicted octanol–water partition coefficient (Wildman–Crippen LogP) is 2.11. The van der Waals surface area contributed by atoms with E-state index in [1.807, 2.05) is 0 Å². The molecule has 0 radical (unpaired) electrons. The van der Waals surface area contributed by atoms with Gasteiger partial charge in [0.15, 0.2) is 5.13 Å². The van der Waals surface area contributed by atoms with Crippen molar-refractivity contribution in [2.75, 3.05) is 7.11 Å². The standard InChI is InChI=1S/C6H5FO2S.C2N2O2S3/c1-9-6(8)4-2-5(7)10-3-4;5-9(6,3-1-7)4-2-8/h2-3H,1H3;. The maximum absolute atomic E-state index is 12.2. The molecule has 11 heteroatoms. The molecule has 0 atom stereocenters. The van der Waals surface area contributed by atoms with Gasteiger partial charge in [-0.05, 0) is 30.5 Å². The molecule has 0 spiro atoms. The van der Waals surface area contributed by atoms with Crippen molar-refractivity contribution in [1.82, 2.24) is 0 Å². The van der Waals surface area contributed by atoms with Crippen LogP contribution in [0.4, 0.5) is 4.39 Å². The number of ether oxygens (including phenoxy) is 1. The SMILES string of the molecule is COC(=O)c1csc(F)c1.O=S(=O)(N=C=S)N=C=S. The highest BCUT2D eigenvalue weighted by molar-refractivity contribution is 7.90. The maximum atomic E-state index is 12.2. The monoisotopic (exact) mass is 340 g/mol. The van der Waals surface area contributed by atoms with Gasteiger partial charge in [-0.25, -0.2) is 4.79 Å². The molecule has 1 rings (SSSR count). The number of thiocarbonyl (C=S) groups is 2. The fourth-order valence-corrected chi connectivity index (χ4v) is 2.04. The van der Waals surface area contributed by atoms with Gasteiger partial charge in [0.05, 0.1) is 23.0 Å². The van der Waals surface area contributed by atoms with E-state index in [9.17, 15) is 17.6 Å². The molecule has 0 saturated heterocycles. The van der Waals surface area contributed by atoms with Gasteiger partial charge in [0.1, 0.15) is 0 Å². The summed E-state index contributed by atoms with van der Waals surface area (Å²) in [6, 6.07) is 1.15. The lowest BCUT2D eigenvalue weighted by Gasteiger charge is -1.90. The Morgan fingerprint density at radius 1 is 1.42 bits per heavy atom. The lowest BCUT2D eigenvalue weighted by Crippen LogP contribution is -1.97. The number of isothiocyanates is 2. The van der Waals surface area contributed by atoms with Crippen LogP contribution < -0.4 is 0 Å². The van der Waals surface area contributed by atoms with Crippen molar-refractivity contribution in [3.05, 3.63) is 22.1 Å². The van der Waals surface area contributed by atoms with E-state index in [2.05, 4.69) is 38.0 Å². The summed E-state index contributed by atoms with van der Waals surface area (Å²) in [5.74, 6) is -0.500. The van der Waals surface area contributed by atoms with Crippen LogP contribution in [-0.4, -0.2) is 31.8 Å². The Kier molecular flexibility index (Phi) is 8.08. The first kappa shape index (κ1) is 17.6. The summed E-state index contributed by atoms with van der Waals surface area (Å²) >= 11 is 8.87. The number of nitrogens with zero attached hydrogens (tertiary/aromatic N) is 2. The number of hydrogen-bond acceptors (Lipinski definition) is 7. The van der Waals surface area contributed by atoms with Crippen LogP contribution in [0, 0.1) is 5.13 Å². The zero-order valence-corrected chi connectivity index (χ0v) is 12.5. The molecule has 0 aliphatic rings. The van der Waals surface area contributed by atoms with E-state index in [-0.39, 0.29) is 10.7 Å². The minimum absolute atomic E-state index is 0.269. The fourth-order valence-electron chi connectivity index (χ4n) is 0.650. The molecule has 19 heavy (non-hydrogen) atoms. The van der Waals surface area contributed by atoms with Crippen molar-refractivity contribution in [3.8, 4) is 0 Å². The third-order valence-electron chi connectivity index (χ3n) is 1.29. The summed E-state index contributed by atoms with van der Waals surface area (Å²) in [6.45, 7) is 0. The average molecular weight is 340 g/mol. The summed E-state index contributed by atoms with van der Waals surface area (Å²) < 4.78 is 42.4. The highest BCUT2D eigenvalue weighted by Crippen LogP contribution is 2.12. The highest BCUT2D eigenvalue weighted by atomic mass is 32.2. The Labute approximate surface area is 122 Å². The van der Waals surface area contributed by atoms with E-state index in [1.165, 1.54) is 12.5 Å². The summed E-state index contributed by atoms with van der Waals surface area (Å²) in [5, 5.41) is 4.31. The van der Waals surface area contributed by atoms with E-state index in [4.69, 9.17) is 0 Å². The molecule has 1 aromatic rings. The third kappa shape index (κ3) is 7.62. The Bertz CT molecular complexity index is 617. The lowest BCUT2D eigenvalue weighted by atomic mass is 10.3. The van der Waals surface area contributed by atoms with Gasteiger partial charge in [0.25, 0.3) is 0 Å². The van der Waals surface area contributed by atoms with Crippen LogP contribution in [0.25, 0.3) is 0 Å². The molecular formula is C8H5FN2O4S4. The Balaban J connectivity index is 0.000000344. The largest absolute Gasteiger partial charge is 0.465 e. The smallest absolute Gasteiger partial charge is 0.379 e.